The van der Waals surface area contributed by atoms with E-state index >= 15 is 0 Å². The van der Waals surface area contributed by atoms with Crippen molar-refractivity contribution in [1.82, 2.24) is 9.03 Å². The van der Waals surface area contributed by atoms with Gasteiger partial charge in [-0.3, -0.25) is 4.79 Å². The minimum Gasteiger partial charge on any atom is -0.496 e. The number of morpholine rings is 1. The number of hydrogen-bond acceptors (Lipinski definition) is 9. The average molecular weight is 676 g/mol. The lowest BCUT2D eigenvalue weighted by molar-refractivity contribution is -0.154. The van der Waals surface area contributed by atoms with Crippen LogP contribution in [-0.4, -0.2) is 75.5 Å². The summed E-state index contributed by atoms with van der Waals surface area (Å²) in [6, 6.07) is 19.0. The van der Waals surface area contributed by atoms with Crippen LogP contribution in [-0.2, 0) is 30.9 Å². The fraction of sp³-hybridized carbons (Fsp3) is 0.367. The molecule has 2 heterocycles. The number of amides is 1. The van der Waals surface area contributed by atoms with E-state index in [2.05, 4.69) is 20.7 Å². The smallest absolute Gasteiger partial charge is 0.303 e. The molecular formula is C30H31BrN2O9S. The zero-order chi connectivity index (χ0) is 30.6. The quantitative estimate of drug-likeness (QED) is 0.344. The van der Waals surface area contributed by atoms with E-state index in [1.165, 1.54) is 14.2 Å². The van der Waals surface area contributed by atoms with E-state index in [4.69, 9.17) is 18.9 Å². The molecule has 13 heteroatoms. The van der Waals surface area contributed by atoms with Crippen LogP contribution in [0.5, 0.6) is 17.2 Å². The maximum atomic E-state index is 14.1. The fourth-order valence-corrected chi connectivity index (χ4v) is 8.11. The molecule has 5 atom stereocenters. The van der Waals surface area contributed by atoms with Crippen LogP contribution in [0.25, 0.3) is 0 Å². The number of methoxy groups -OCH3 is 2. The van der Waals surface area contributed by atoms with Crippen LogP contribution in [0, 0.1) is 5.92 Å². The van der Waals surface area contributed by atoms with Gasteiger partial charge in [0.1, 0.15) is 23.4 Å². The number of nitrogens with one attached hydrogen (secondary N) is 1. The molecule has 11 nitrogen and oxygen atoms in total. The third-order valence-electron chi connectivity index (χ3n) is 8.55. The summed E-state index contributed by atoms with van der Waals surface area (Å²) in [4.78, 5) is 14.1. The first-order chi connectivity index (χ1) is 20.6. The first-order valence-electron chi connectivity index (χ1n) is 13.6. The van der Waals surface area contributed by atoms with Crippen molar-refractivity contribution in [2.45, 2.75) is 23.2 Å². The molecule has 1 saturated heterocycles. The number of fused-ring (bicyclic) bond motifs is 3. The van der Waals surface area contributed by atoms with E-state index < -0.39 is 45.3 Å². The molecule has 6 rings (SSSR count). The maximum absolute atomic E-state index is 14.1. The molecule has 3 aromatic rings. The van der Waals surface area contributed by atoms with Crippen molar-refractivity contribution in [2.75, 3.05) is 40.5 Å². The van der Waals surface area contributed by atoms with Crippen LogP contribution >= 0.6 is 15.9 Å². The van der Waals surface area contributed by atoms with Gasteiger partial charge in [-0.15, -0.1) is 0 Å². The van der Waals surface area contributed by atoms with Gasteiger partial charge in [0, 0.05) is 35.6 Å². The number of nitrogens with zero attached hydrogens (tertiary/aromatic N) is 1. The third kappa shape index (κ3) is 4.52. The van der Waals surface area contributed by atoms with Crippen molar-refractivity contribution in [3.63, 3.8) is 0 Å². The summed E-state index contributed by atoms with van der Waals surface area (Å²) < 4.78 is 53.8. The molecule has 2 fully saturated rings. The van der Waals surface area contributed by atoms with Crippen molar-refractivity contribution in [1.29, 1.82) is 0 Å². The molecule has 0 spiro atoms. The Kier molecular flexibility index (Phi) is 7.68. The van der Waals surface area contributed by atoms with Gasteiger partial charge in [-0.05, 0) is 23.3 Å². The van der Waals surface area contributed by atoms with Crippen molar-refractivity contribution in [2.24, 2.45) is 5.92 Å². The van der Waals surface area contributed by atoms with E-state index in [0.717, 1.165) is 8.78 Å². The summed E-state index contributed by atoms with van der Waals surface area (Å²) in [5.41, 5.74) is -2.96. The number of rotatable bonds is 7. The summed E-state index contributed by atoms with van der Waals surface area (Å²) >= 11 is 3.45. The predicted octanol–water partition coefficient (Wildman–Crippen LogP) is 2.41. The molecule has 3 aliphatic rings. The maximum Gasteiger partial charge on any atom is 0.303 e. The van der Waals surface area contributed by atoms with Gasteiger partial charge in [-0.25, -0.2) is 4.72 Å². The molecule has 43 heavy (non-hydrogen) atoms. The van der Waals surface area contributed by atoms with Crippen LogP contribution in [0.3, 0.4) is 0 Å². The van der Waals surface area contributed by atoms with E-state index in [-0.39, 0.29) is 43.4 Å². The third-order valence-corrected chi connectivity index (χ3v) is 10.6. The van der Waals surface area contributed by atoms with Gasteiger partial charge in [0.2, 0.25) is 5.91 Å². The number of carbonyl (C=O) groups excluding carboxylic acids is 1. The number of halogens is 1. The molecule has 0 aromatic heterocycles. The number of aliphatic hydroxyl groups excluding tert-OH is 1. The highest BCUT2D eigenvalue weighted by Crippen LogP contribution is 2.70. The molecule has 1 aliphatic carbocycles. The Hall–Kier alpha value is -3.20. The van der Waals surface area contributed by atoms with Crippen LogP contribution < -0.4 is 18.9 Å². The second-order valence-corrected chi connectivity index (χ2v) is 13.2. The average Bonchev–Trinajstić information content (AvgIpc) is 3.39. The number of benzene rings is 3. The highest BCUT2D eigenvalue weighted by molar-refractivity contribution is 9.10. The molecule has 228 valence electrons. The van der Waals surface area contributed by atoms with Gasteiger partial charge in [0.25, 0.3) is 0 Å². The van der Waals surface area contributed by atoms with Crippen molar-refractivity contribution < 1.29 is 42.4 Å². The first kappa shape index (κ1) is 29.9. The summed E-state index contributed by atoms with van der Waals surface area (Å²) in [7, 11) is -1.40. The van der Waals surface area contributed by atoms with E-state index in [1.54, 1.807) is 66.7 Å². The lowest BCUT2D eigenvalue weighted by Crippen LogP contribution is -2.52. The molecule has 1 saturated carbocycles. The molecule has 0 radical (unpaired) electrons. The van der Waals surface area contributed by atoms with Gasteiger partial charge >= 0.3 is 10.2 Å². The van der Waals surface area contributed by atoms with E-state index in [9.17, 15) is 23.4 Å². The minimum absolute atomic E-state index is 0.0697. The van der Waals surface area contributed by atoms with E-state index in [0.29, 0.717) is 16.9 Å². The molecule has 0 bridgehead atoms. The highest BCUT2D eigenvalue weighted by atomic mass is 79.9. The van der Waals surface area contributed by atoms with Gasteiger partial charge in [0.05, 0.1) is 38.9 Å². The Morgan fingerprint density at radius 2 is 1.72 bits per heavy atom. The minimum atomic E-state index is -4.29. The second-order valence-electron chi connectivity index (χ2n) is 10.7. The van der Waals surface area contributed by atoms with Gasteiger partial charge in [0.15, 0.2) is 11.2 Å². The Morgan fingerprint density at radius 3 is 2.35 bits per heavy atom. The summed E-state index contributed by atoms with van der Waals surface area (Å²) in [6.07, 6.45) is -1.84. The van der Waals surface area contributed by atoms with Crippen LogP contribution in [0.4, 0.5) is 0 Å². The van der Waals surface area contributed by atoms with Crippen molar-refractivity contribution in [3.8, 4) is 17.2 Å². The Balaban J connectivity index is 1.59. The zero-order valence-corrected chi connectivity index (χ0v) is 25.8. The van der Waals surface area contributed by atoms with Crippen molar-refractivity contribution >= 4 is 32.0 Å². The molecule has 3 aromatic carbocycles. The molecule has 1 amide bonds. The zero-order valence-electron chi connectivity index (χ0n) is 23.4. The highest BCUT2D eigenvalue weighted by Gasteiger charge is 2.78. The number of aliphatic hydroxyl groups is 2. The predicted molar refractivity (Wildman–Crippen MR) is 158 cm³/mol. The topological polar surface area (TPSA) is 144 Å². The summed E-state index contributed by atoms with van der Waals surface area (Å²) in [6.45, 7) is 0.517. The van der Waals surface area contributed by atoms with Crippen LogP contribution in [0.2, 0.25) is 0 Å². The number of ether oxygens (including phenoxy) is 4. The normalized spacial score (nSPS) is 28.4. The van der Waals surface area contributed by atoms with Gasteiger partial charge < -0.3 is 29.2 Å². The molecule has 3 N–H and O–H groups in total. The Bertz CT molecular complexity index is 1630. The number of carbonyl (C=O) groups is 1. The van der Waals surface area contributed by atoms with Crippen LogP contribution in [0.1, 0.15) is 22.6 Å². The largest absolute Gasteiger partial charge is 0.496 e. The van der Waals surface area contributed by atoms with Crippen LogP contribution in [0.15, 0.2) is 71.2 Å². The molecular weight excluding hydrogens is 644 g/mol. The lowest BCUT2D eigenvalue weighted by atomic mass is 9.70. The first-order valence-corrected chi connectivity index (χ1v) is 15.9. The Morgan fingerprint density at radius 1 is 1.05 bits per heavy atom. The SMILES string of the molecule is COc1cc(OC)c2c(c1)O[C@@]1(c3ccc(Br)cc3)[C@H](c3ccccc3)[C@@H](C(=O)NS(=O)(=O)N3CCOCC3)[C@@H](O)[C@@]21O. The summed E-state index contributed by atoms with van der Waals surface area (Å²) in [5.74, 6) is -2.78. The van der Waals surface area contributed by atoms with Gasteiger partial charge in [-0.2, -0.15) is 12.7 Å². The lowest BCUT2D eigenvalue weighted by Gasteiger charge is -2.40. The number of hydrogen-bond donors (Lipinski definition) is 3. The van der Waals surface area contributed by atoms with Gasteiger partial charge in [-0.1, -0.05) is 58.4 Å². The van der Waals surface area contributed by atoms with Crippen molar-refractivity contribution in [3.05, 3.63) is 87.9 Å². The standard InChI is InChI=1S/C30H31BrN2O9S/c1-39-21-16-22(40-2)26-23(17-21)42-30(19-8-10-20(31)11-9-19)25(18-6-4-3-5-7-18)24(27(34)29(26,30)36)28(35)32-43(37,38)33-12-14-41-15-13-33/h3-11,16-17,24-25,27,34,36H,12-15H2,1-2H3,(H,32,35)/t24-,25-,27-,29+,30+/m1/s1. The Labute approximate surface area is 257 Å². The summed E-state index contributed by atoms with van der Waals surface area (Å²) in [5, 5.41) is 25.1. The van der Waals surface area contributed by atoms with E-state index in [1.807, 2.05) is 0 Å². The molecule has 2 aliphatic heterocycles. The second kappa shape index (κ2) is 11.1. The molecule has 0 unspecified atom stereocenters. The monoisotopic (exact) mass is 674 g/mol. The fourth-order valence-electron chi connectivity index (χ4n) is 6.70.